The fourth-order valence-corrected chi connectivity index (χ4v) is 0.937. The van der Waals surface area contributed by atoms with Gasteiger partial charge in [-0.3, -0.25) is 9.48 Å². The average molecular weight is 223 g/mol. The van der Waals surface area contributed by atoms with Gasteiger partial charge in [-0.25, -0.2) is 0 Å². The molecule has 0 bridgehead atoms. The molecule has 0 aromatic carbocycles. The van der Waals surface area contributed by atoms with E-state index in [1.807, 2.05) is 0 Å². The van der Waals surface area contributed by atoms with Crippen LogP contribution in [0.3, 0.4) is 0 Å². The number of aryl methyl sites for hydroxylation is 1. The molecule has 8 heteroatoms. The molecule has 0 atom stereocenters. The first-order valence-electron chi connectivity index (χ1n) is 3.87. The molecule has 0 aliphatic carbocycles. The number of carbonyl (C=O) groups is 1. The Morgan fingerprint density at radius 1 is 1.67 bits per heavy atom. The highest BCUT2D eigenvalue weighted by Gasteiger charge is 2.34. The van der Waals surface area contributed by atoms with Crippen LogP contribution in [-0.4, -0.2) is 27.4 Å². The molecule has 0 unspecified atom stereocenters. The average Bonchev–Trinajstić information content (AvgIpc) is 2.42. The lowest BCUT2D eigenvalue weighted by Crippen LogP contribution is -2.14. The molecule has 1 heterocycles. The van der Waals surface area contributed by atoms with E-state index in [2.05, 4.69) is 10.4 Å². The number of rotatable bonds is 3. The first-order chi connectivity index (χ1) is 6.80. The zero-order valence-corrected chi connectivity index (χ0v) is 7.67. The van der Waals surface area contributed by atoms with Crippen molar-refractivity contribution >= 4 is 11.8 Å². The minimum atomic E-state index is -4.53. The predicted molar refractivity (Wildman–Crippen MR) is 44.3 cm³/mol. The van der Waals surface area contributed by atoms with Crippen LogP contribution in [-0.2, 0) is 18.0 Å². The van der Waals surface area contributed by atoms with Crippen LogP contribution in [0.15, 0.2) is 6.07 Å². The molecule has 1 aromatic rings. The molecule has 0 radical (unpaired) electrons. The summed E-state index contributed by atoms with van der Waals surface area (Å²) in [5.41, 5.74) is -1.06. The van der Waals surface area contributed by atoms with Crippen LogP contribution < -0.4 is 5.32 Å². The first kappa shape index (κ1) is 11.3. The second-order valence-corrected chi connectivity index (χ2v) is 2.78. The third kappa shape index (κ3) is 2.86. The first-order valence-corrected chi connectivity index (χ1v) is 3.87. The molecular formula is C7H8F3N3O2. The zero-order valence-electron chi connectivity index (χ0n) is 7.67. The molecule has 0 saturated carbocycles. The molecule has 15 heavy (non-hydrogen) atoms. The molecule has 84 valence electrons. The predicted octanol–water partition coefficient (Wildman–Crippen LogP) is 0.935. The molecule has 5 nitrogen and oxygen atoms in total. The van der Waals surface area contributed by atoms with E-state index in [0.29, 0.717) is 0 Å². The van der Waals surface area contributed by atoms with Crippen LogP contribution in [0.2, 0.25) is 0 Å². The number of nitrogens with one attached hydrogen (secondary N) is 1. The van der Waals surface area contributed by atoms with Gasteiger partial charge in [0.15, 0.2) is 5.69 Å². The van der Waals surface area contributed by atoms with Crippen LogP contribution >= 0.6 is 0 Å². The highest BCUT2D eigenvalue weighted by Crippen LogP contribution is 2.29. The molecule has 1 rings (SSSR count). The molecule has 0 fully saturated rings. The largest absolute Gasteiger partial charge is 0.480 e. The number of alkyl halides is 3. The van der Waals surface area contributed by atoms with Crippen molar-refractivity contribution in [3.63, 3.8) is 0 Å². The van der Waals surface area contributed by atoms with Gasteiger partial charge >= 0.3 is 12.1 Å². The Balaban J connectivity index is 2.82. The summed E-state index contributed by atoms with van der Waals surface area (Å²) in [4.78, 5) is 10.2. The Morgan fingerprint density at radius 3 is 2.67 bits per heavy atom. The number of carboxylic acid groups (broad SMARTS) is 1. The van der Waals surface area contributed by atoms with Gasteiger partial charge in [-0.15, -0.1) is 0 Å². The van der Waals surface area contributed by atoms with Gasteiger partial charge in [-0.1, -0.05) is 0 Å². The molecule has 0 aliphatic heterocycles. The summed E-state index contributed by atoms with van der Waals surface area (Å²) < 4.78 is 37.4. The van der Waals surface area contributed by atoms with Crippen molar-refractivity contribution in [3.05, 3.63) is 11.8 Å². The van der Waals surface area contributed by atoms with E-state index in [0.717, 1.165) is 10.7 Å². The minimum absolute atomic E-state index is 0.00438. The SMILES string of the molecule is Cn1nc(C(F)(F)F)cc1NCC(=O)O. The maximum atomic E-state index is 12.2. The van der Waals surface area contributed by atoms with E-state index in [-0.39, 0.29) is 5.82 Å². The fraction of sp³-hybridized carbons (Fsp3) is 0.429. The quantitative estimate of drug-likeness (QED) is 0.800. The molecule has 0 amide bonds. The fourth-order valence-electron chi connectivity index (χ4n) is 0.937. The Morgan fingerprint density at radius 2 is 2.27 bits per heavy atom. The van der Waals surface area contributed by atoms with Crippen LogP contribution in [0.5, 0.6) is 0 Å². The standard InChI is InChI=1S/C7H8F3N3O2/c1-13-5(11-3-6(14)15)2-4(12-13)7(8,9)10/h2,11H,3H2,1H3,(H,14,15). The molecule has 1 aromatic heterocycles. The molecule has 0 spiro atoms. The van der Waals surface area contributed by atoms with Crippen molar-refractivity contribution in [2.45, 2.75) is 6.18 Å². The highest BCUT2D eigenvalue weighted by molar-refractivity contribution is 5.72. The Hall–Kier alpha value is -1.73. The summed E-state index contributed by atoms with van der Waals surface area (Å²) in [6.07, 6.45) is -4.53. The molecular weight excluding hydrogens is 215 g/mol. The van der Waals surface area contributed by atoms with Gasteiger partial charge in [0.25, 0.3) is 0 Å². The summed E-state index contributed by atoms with van der Waals surface area (Å²) in [6.45, 7) is -0.461. The summed E-state index contributed by atoms with van der Waals surface area (Å²) in [6, 6.07) is 0.753. The van der Waals surface area contributed by atoms with E-state index in [9.17, 15) is 18.0 Å². The van der Waals surface area contributed by atoms with E-state index >= 15 is 0 Å². The van der Waals surface area contributed by atoms with Gasteiger partial charge in [-0.2, -0.15) is 18.3 Å². The zero-order chi connectivity index (χ0) is 11.6. The van der Waals surface area contributed by atoms with Crippen LogP contribution in [0, 0.1) is 0 Å². The summed E-state index contributed by atoms with van der Waals surface area (Å²) in [5, 5.41) is 13.8. The number of hydrogen-bond donors (Lipinski definition) is 2. The summed E-state index contributed by atoms with van der Waals surface area (Å²) in [5.74, 6) is -1.16. The topological polar surface area (TPSA) is 67.2 Å². The minimum Gasteiger partial charge on any atom is -0.480 e. The lowest BCUT2D eigenvalue weighted by molar-refractivity contribution is -0.141. The van der Waals surface area contributed by atoms with Crippen molar-refractivity contribution in [1.82, 2.24) is 9.78 Å². The number of aliphatic carboxylic acids is 1. The van der Waals surface area contributed by atoms with Gasteiger partial charge in [0.1, 0.15) is 12.4 Å². The van der Waals surface area contributed by atoms with Crippen molar-refractivity contribution in [2.75, 3.05) is 11.9 Å². The molecule has 2 N–H and O–H groups in total. The lowest BCUT2D eigenvalue weighted by Gasteiger charge is -2.01. The van der Waals surface area contributed by atoms with Crippen molar-refractivity contribution in [2.24, 2.45) is 7.05 Å². The second kappa shape index (κ2) is 3.79. The third-order valence-corrected chi connectivity index (χ3v) is 1.59. The normalized spacial score (nSPS) is 11.5. The van der Waals surface area contributed by atoms with Crippen LogP contribution in [0.1, 0.15) is 5.69 Å². The van der Waals surface area contributed by atoms with Gasteiger partial charge in [0.2, 0.25) is 0 Å². The maximum absolute atomic E-state index is 12.2. The summed E-state index contributed by atoms with van der Waals surface area (Å²) >= 11 is 0. The monoisotopic (exact) mass is 223 g/mol. The van der Waals surface area contributed by atoms with Gasteiger partial charge in [-0.05, 0) is 0 Å². The Labute approximate surface area is 82.5 Å². The number of aromatic nitrogens is 2. The smallest absolute Gasteiger partial charge is 0.435 e. The number of carboxylic acids is 1. The number of anilines is 1. The Kier molecular flexibility index (Phi) is 2.87. The van der Waals surface area contributed by atoms with Gasteiger partial charge in [0, 0.05) is 13.1 Å². The van der Waals surface area contributed by atoms with E-state index in [4.69, 9.17) is 5.11 Å². The molecule has 0 saturated heterocycles. The number of nitrogens with zero attached hydrogens (tertiary/aromatic N) is 2. The number of halogens is 3. The lowest BCUT2D eigenvalue weighted by atomic mass is 10.4. The third-order valence-electron chi connectivity index (χ3n) is 1.59. The maximum Gasteiger partial charge on any atom is 0.435 e. The number of hydrogen-bond acceptors (Lipinski definition) is 3. The van der Waals surface area contributed by atoms with Gasteiger partial charge in [0.05, 0.1) is 0 Å². The molecule has 0 aliphatic rings. The Bertz CT molecular complexity index is 372. The van der Waals surface area contributed by atoms with E-state index in [1.165, 1.54) is 7.05 Å². The van der Waals surface area contributed by atoms with Crippen molar-refractivity contribution < 1.29 is 23.1 Å². The van der Waals surface area contributed by atoms with E-state index in [1.54, 1.807) is 0 Å². The summed E-state index contributed by atoms with van der Waals surface area (Å²) in [7, 11) is 1.29. The van der Waals surface area contributed by atoms with Gasteiger partial charge < -0.3 is 10.4 Å². The second-order valence-electron chi connectivity index (χ2n) is 2.78. The van der Waals surface area contributed by atoms with Crippen molar-refractivity contribution in [1.29, 1.82) is 0 Å². The van der Waals surface area contributed by atoms with Crippen LogP contribution in [0.4, 0.5) is 19.0 Å². The highest BCUT2D eigenvalue weighted by atomic mass is 19.4. The van der Waals surface area contributed by atoms with E-state index < -0.39 is 24.4 Å². The van der Waals surface area contributed by atoms with Crippen LogP contribution in [0.25, 0.3) is 0 Å². The van der Waals surface area contributed by atoms with Crippen molar-refractivity contribution in [3.8, 4) is 0 Å².